The summed E-state index contributed by atoms with van der Waals surface area (Å²) >= 11 is 0. The van der Waals surface area contributed by atoms with Crippen molar-refractivity contribution in [2.45, 2.75) is 38.3 Å². The molecular weight excluding hydrogens is 274 g/mol. The van der Waals surface area contributed by atoms with Gasteiger partial charge in [-0.3, -0.25) is 9.69 Å². The van der Waals surface area contributed by atoms with E-state index in [2.05, 4.69) is 28.1 Å². The molecule has 0 aliphatic carbocycles. The molecule has 0 spiro atoms. The van der Waals surface area contributed by atoms with Crippen LogP contribution in [-0.4, -0.2) is 61.0 Å². The summed E-state index contributed by atoms with van der Waals surface area (Å²) < 4.78 is 0. The predicted octanol–water partition coefficient (Wildman–Crippen LogP) is 1.76. The molecular formula is C18H27N3O. The Morgan fingerprint density at radius 2 is 2.14 bits per heavy atom. The zero-order valence-electron chi connectivity index (χ0n) is 13.7. The number of hydrogen-bond donors (Lipinski definition) is 1. The molecule has 1 aromatic rings. The molecule has 2 heterocycles. The van der Waals surface area contributed by atoms with Crippen LogP contribution in [0.15, 0.2) is 24.3 Å². The van der Waals surface area contributed by atoms with Crippen molar-refractivity contribution in [1.82, 2.24) is 15.1 Å². The molecule has 2 aliphatic heterocycles. The van der Waals surface area contributed by atoms with Gasteiger partial charge < -0.3 is 10.2 Å². The van der Waals surface area contributed by atoms with Gasteiger partial charge in [-0.1, -0.05) is 18.2 Å². The van der Waals surface area contributed by atoms with Crippen molar-refractivity contribution in [3.05, 3.63) is 35.4 Å². The topological polar surface area (TPSA) is 35.6 Å². The van der Waals surface area contributed by atoms with Crippen LogP contribution >= 0.6 is 0 Å². The van der Waals surface area contributed by atoms with E-state index in [0.29, 0.717) is 12.1 Å². The van der Waals surface area contributed by atoms with Crippen LogP contribution < -0.4 is 5.32 Å². The van der Waals surface area contributed by atoms with Crippen LogP contribution in [0.4, 0.5) is 0 Å². The van der Waals surface area contributed by atoms with Crippen molar-refractivity contribution < 1.29 is 4.79 Å². The first-order valence-electron chi connectivity index (χ1n) is 8.48. The Bertz CT molecular complexity index is 531. The van der Waals surface area contributed by atoms with Crippen molar-refractivity contribution in [3.63, 3.8) is 0 Å². The normalized spacial score (nSPS) is 25.3. The fourth-order valence-corrected chi connectivity index (χ4v) is 3.83. The van der Waals surface area contributed by atoms with Gasteiger partial charge >= 0.3 is 0 Å². The van der Waals surface area contributed by atoms with E-state index in [0.717, 1.165) is 37.2 Å². The Morgan fingerprint density at radius 1 is 1.32 bits per heavy atom. The van der Waals surface area contributed by atoms with Gasteiger partial charge in [0, 0.05) is 30.7 Å². The molecule has 2 unspecified atom stereocenters. The summed E-state index contributed by atoms with van der Waals surface area (Å²) in [4.78, 5) is 17.7. The van der Waals surface area contributed by atoms with Crippen molar-refractivity contribution >= 4 is 5.91 Å². The molecule has 120 valence electrons. The van der Waals surface area contributed by atoms with Gasteiger partial charge in [0.1, 0.15) is 0 Å². The van der Waals surface area contributed by atoms with Gasteiger partial charge in [-0.05, 0) is 58.0 Å². The Kier molecular flexibility index (Phi) is 4.79. The lowest BCUT2D eigenvalue weighted by Crippen LogP contribution is -2.56. The van der Waals surface area contributed by atoms with Crippen LogP contribution in [0.2, 0.25) is 0 Å². The van der Waals surface area contributed by atoms with E-state index in [9.17, 15) is 4.79 Å². The predicted molar refractivity (Wildman–Crippen MR) is 89.2 cm³/mol. The van der Waals surface area contributed by atoms with E-state index < -0.39 is 0 Å². The van der Waals surface area contributed by atoms with Crippen molar-refractivity contribution in [2.75, 3.05) is 33.2 Å². The second-order valence-electron chi connectivity index (χ2n) is 6.61. The lowest BCUT2D eigenvalue weighted by atomic mass is 10.0. The Morgan fingerprint density at radius 3 is 2.95 bits per heavy atom. The SMILES string of the molecule is CNCCc1ccccc1C(=O)N1CC2CCCN2CC1C. The maximum atomic E-state index is 13.1. The van der Waals surface area contributed by atoms with Crippen LogP contribution in [0.3, 0.4) is 0 Å². The molecule has 2 fully saturated rings. The molecule has 22 heavy (non-hydrogen) atoms. The van der Waals surface area contributed by atoms with Gasteiger partial charge in [0.2, 0.25) is 0 Å². The second-order valence-corrected chi connectivity index (χ2v) is 6.61. The number of fused-ring (bicyclic) bond motifs is 1. The van der Waals surface area contributed by atoms with Crippen LogP contribution in [0.25, 0.3) is 0 Å². The number of carbonyl (C=O) groups is 1. The summed E-state index contributed by atoms with van der Waals surface area (Å²) in [6, 6.07) is 8.96. The summed E-state index contributed by atoms with van der Waals surface area (Å²) in [6.45, 7) is 6.20. The number of piperazine rings is 1. The number of nitrogens with zero attached hydrogens (tertiary/aromatic N) is 2. The van der Waals surface area contributed by atoms with Crippen LogP contribution in [0, 0.1) is 0 Å². The van der Waals surface area contributed by atoms with E-state index in [1.807, 2.05) is 25.2 Å². The van der Waals surface area contributed by atoms with Crippen LogP contribution in [0.5, 0.6) is 0 Å². The van der Waals surface area contributed by atoms with E-state index in [1.165, 1.54) is 19.4 Å². The number of benzene rings is 1. The quantitative estimate of drug-likeness (QED) is 0.920. The maximum absolute atomic E-state index is 13.1. The summed E-state index contributed by atoms with van der Waals surface area (Å²) in [6.07, 6.45) is 3.41. The highest BCUT2D eigenvalue weighted by molar-refractivity contribution is 5.96. The molecule has 4 heteroatoms. The fraction of sp³-hybridized carbons (Fsp3) is 0.611. The average Bonchev–Trinajstić information content (AvgIpc) is 2.99. The zero-order chi connectivity index (χ0) is 15.5. The molecule has 2 aliphatic rings. The average molecular weight is 301 g/mol. The lowest BCUT2D eigenvalue weighted by molar-refractivity contribution is 0.0394. The minimum atomic E-state index is 0.214. The molecule has 2 saturated heterocycles. The number of rotatable bonds is 4. The van der Waals surface area contributed by atoms with Gasteiger partial charge in [-0.2, -0.15) is 0 Å². The number of hydrogen-bond acceptors (Lipinski definition) is 3. The van der Waals surface area contributed by atoms with Gasteiger partial charge in [0.05, 0.1) is 0 Å². The monoisotopic (exact) mass is 301 g/mol. The van der Waals surface area contributed by atoms with Crippen molar-refractivity contribution in [3.8, 4) is 0 Å². The highest BCUT2D eigenvalue weighted by atomic mass is 16.2. The van der Waals surface area contributed by atoms with E-state index >= 15 is 0 Å². The van der Waals surface area contributed by atoms with Crippen LogP contribution in [0.1, 0.15) is 35.7 Å². The zero-order valence-corrected chi connectivity index (χ0v) is 13.7. The highest BCUT2D eigenvalue weighted by Crippen LogP contribution is 2.26. The van der Waals surface area contributed by atoms with E-state index in [-0.39, 0.29) is 5.91 Å². The third-order valence-corrected chi connectivity index (χ3v) is 5.09. The molecule has 4 nitrogen and oxygen atoms in total. The third kappa shape index (κ3) is 3.03. The Labute approximate surface area is 133 Å². The molecule has 0 radical (unpaired) electrons. The van der Waals surface area contributed by atoms with Gasteiger partial charge in [0.15, 0.2) is 0 Å². The maximum Gasteiger partial charge on any atom is 0.254 e. The second kappa shape index (κ2) is 6.80. The third-order valence-electron chi connectivity index (χ3n) is 5.09. The van der Waals surface area contributed by atoms with Gasteiger partial charge in [0.25, 0.3) is 5.91 Å². The lowest BCUT2D eigenvalue weighted by Gasteiger charge is -2.42. The number of carbonyl (C=O) groups excluding carboxylic acids is 1. The number of nitrogens with one attached hydrogen (secondary N) is 1. The molecule has 0 bridgehead atoms. The first kappa shape index (κ1) is 15.5. The van der Waals surface area contributed by atoms with E-state index in [1.54, 1.807) is 0 Å². The molecule has 0 aromatic heterocycles. The van der Waals surface area contributed by atoms with Crippen molar-refractivity contribution in [1.29, 1.82) is 0 Å². The fourth-order valence-electron chi connectivity index (χ4n) is 3.83. The molecule has 1 aromatic carbocycles. The minimum absolute atomic E-state index is 0.214. The first-order chi connectivity index (χ1) is 10.7. The van der Waals surface area contributed by atoms with Crippen LogP contribution in [-0.2, 0) is 6.42 Å². The van der Waals surface area contributed by atoms with Gasteiger partial charge in [-0.25, -0.2) is 0 Å². The largest absolute Gasteiger partial charge is 0.333 e. The molecule has 1 amide bonds. The van der Waals surface area contributed by atoms with Gasteiger partial charge in [-0.15, -0.1) is 0 Å². The Balaban J connectivity index is 1.78. The van der Waals surface area contributed by atoms with E-state index in [4.69, 9.17) is 0 Å². The minimum Gasteiger partial charge on any atom is -0.333 e. The first-order valence-corrected chi connectivity index (χ1v) is 8.48. The number of likely N-dealkylation sites (N-methyl/N-ethyl adjacent to an activating group) is 1. The van der Waals surface area contributed by atoms with Crippen molar-refractivity contribution in [2.24, 2.45) is 0 Å². The molecule has 3 rings (SSSR count). The Hall–Kier alpha value is -1.39. The summed E-state index contributed by atoms with van der Waals surface area (Å²) in [5, 5.41) is 3.17. The summed E-state index contributed by atoms with van der Waals surface area (Å²) in [5.41, 5.74) is 2.04. The standard InChI is InChI=1S/C18H27N3O/c1-14-12-20-11-5-7-16(20)13-21(14)18(22)17-8-4-3-6-15(17)9-10-19-2/h3-4,6,8,14,16,19H,5,7,9-13H2,1-2H3. The smallest absolute Gasteiger partial charge is 0.254 e. The summed E-state index contributed by atoms with van der Waals surface area (Å²) in [7, 11) is 1.95. The molecule has 1 N–H and O–H groups in total. The molecule has 2 atom stereocenters. The highest BCUT2D eigenvalue weighted by Gasteiger charge is 2.36. The molecule has 0 saturated carbocycles. The summed E-state index contributed by atoms with van der Waals surface area (Å²) in [5.74, 6) is 0.214. The number of amides is 1.